The van der Waals surface area contributed by atoms with E-state index in [-0.39, 0.29) is 28.5 Å². The summed E-state index contributed by atoms with van der Waals surface area (Å²) in [4.78, 5) is 13.5. The molecule has 0 aliphatic heterocycles. The van der Waals surface area contributed by atoms with Crippen LogP contribution in [0.1, 0.15) is 70.8 Å². The van der Waals surface area contributed by atoms with Crippen LogP contribution >= 0.6 is 0 Å². The summed E-state index contributed by atoms with van der Waals surface area (Å²) in [5.74, 6) is 2.00. The molecule has 180 valence electrons. The smallest absolute Gasteiger partial charge is 0.406 e. The zero-order valence-electron chi connectivity index (χ0n) is 19.3. The number of benzene rings is 1. The number of alkyl halides is 3. The van der Waals surface area contributed by atoms with Crippen LogP contribution in [0.3, 0.4) is 0 Å². The first-order valence-corrected chi connectivity index (χ1v) is 12.3. The minimum atomic E-state index is -4.71. The summed E-state index contributed by atoms with van der Waals surface area (Å²) in [6, 6.07) is 5.75. The van der Waals surface area contributed by atoms with Gasteiger partial charge in [-0.1, -0.05) is 26.0 Å². The van der Waals surface area contributed by atoms with Crippen LogP contribution in [-0.4, -0.2) is 23.4 Å². The van der Waals surface area contributed by atoms with E-state index in [1.54, 1.807) is 12.1 Å². The largest absolute Gasteiger partial charge is 0.573 e. The molecule has 3 nitrogen and oxygen atoms in total. The van der Waals surface area contributed by atoms with Gasteiger partial charge in [0.1, 0.15) is 5.75 Å². The second-order valence-electron chi connectivity index (χ2n) is 11.4. The van der Waals surface area contributed by atoms with Gasteiger partial charge in [-0.3, -0.25) is 4.79 Å². The summed E-state index contributed by atoms with van der Waals surface area (Å²) in [6.07, 6.45) is 4.85. The molecule has 4 fully saturated rings. The number of Topliss-reactive ketones (excluding diaryl/α,β-unsaturated/α-hetero) is 1. The first-order chi connectivity index (χ1) is 15.5. The predicted molar refractivity (Wildman–Crippen MR) is 119 cm³/mol. The third-order valence-corrected chi connectivity index (χ3v) is 9.73. The van der Waals surface area contributed by atoms with Crippen molar-refractivity contribution in [1.82, 2.24) is 0 Å². The molecule has 1 aromatic rings. The lowest BCUT2D eigenvalue weighted by Gasteiger charge is -2.59. The van der Waals surface area contributed by atoms with Crippen molar-refractivity contribution in [3.05, 3.63) is 35.4 Å². The fraction of sp³-hybridized carbons (Fsp3) is 0.667. The summed E-state index contributed by atoms with van der Waals surface area (Å²) in [5, 5.41) is 10.2. The van der Waals surface area contributed by atoms with E-state index in [1.807, 2.05) is 6.08 Å². The number of hydrogen-bond acceptors (Lipinski definition) is 3. The maximum atomic E-state index is 13.5. The second kappa shape index (κ2) is 7.86. The van der Waals surface area contributed by atoms with Crippen LogP contribution in [0.15, 0.2) is 29.8 Å². The minimum absolute atomic E-state index is 0.163. The van der Waals surface area contributed by atoms with Gasteiger partial charge in [0.15, 0.2) is 5.78 Å². The Morgan fingerprint density at radius 3 is 2.45 bits per heavy atom. The monoisotopic (exact) mass is 462 g/mol. The quantitative estimate of drug-likeness (QED) is 0.507. The molecular weight excluding hydrogens is 429 g/mol. The van der Waals surface area contributed by atoms with Crippen LogP contribution in [-0.2, 0) is 4.79 Å². The van der Waals surface area contributed by atoms with Crippen LogP contribution in [0, 0.1) is 34.5 Å². The van der Waals surface area contributed by atoms with Gasteiger partial charge in [-0.2, -0.15) is 0 Å². The first-order valence-electron chi connectivity index (χ1n) is 12.3. The van der Waals surface area contributed by atoms with Gasteiger partial charge in [0, 0.05) is 5.41 Å². The highest BCUT2D eigenvalue weighted by atomic mass is 19.4. The zero-order valence-corrected chi connectivity index (χ0v) is 19.3. The molecule has 0 aromatic heterocycles. The molecular formula is C27H33F3O3. The highest BCUT2D eigenvalue weighted by Crippen LogP contribution is 2.66. The van der Waals surface area contributed by atoms with Crippen LogP contribution in [0.2, 0.25) is 0 Å². The number of allylic oxidation sites excluding steroid dienone is 1. The maximum Gasteiger partial charge on any atom is 0.573 e. The highest BCUT2D eigenvalue weighted by Gasteiger charge is 2.61. The zero-order chi connectivity index (χ0) is 23.6. The Kier molecular flexibility index (Phi) is 5.47. The molecule has 0 unspecified atom stereocenters. The van der Waals surface area contributed by atoms with Crippen LogP contribution < -0.4 is 4.74 Å². The molecule has 33 heavy (non-hydrogen) atoms. The first kappa shape index (κ1) is 22.9. The van der Waals surface area contributed by atoms with E-state index in [9.17, 15) is 23.1 Å². The lowest BCUT2D eigenvalue weighted by atomic mass is 9.45. The number of carbonyl (C=O) groups excluding carboxylic acids is 1. The molecule has 1 aromatic carbocycles. The van der Waals surface area contributed by atoms with Crippen molar-refractivity contribution in [3.8, 4) is 5.75 Å². The van der Waals surface area contributed by atoms with Crippen molar-refractivity contribution < 1.29 is 27.8 Å². The van der Waals surface area contributed by atoms with E-state index in [2.05, 4.69) is 18.6 Å². The Labute approximate surface area is 193 Å². The lowest BCUT2D eigenvalue weighted by Crippen LogP contribution is -2.54. The van der Waals surface area contributed by atoms with E-state index in [1.165, 1.54) is 12.1 Å². The van der Waals surface area contributed by atoms with Gasteiger partial charge in [0.25, 0.3) is 0 Å². The van der Waals surface area contributed by atoms with E-state index in [4.69, 9.17) is 0 Å². The highest BCUT2D eigenvalue weighted by molar-refractivity contribution is 6.05. The summed E-state index contributed by atoms with van der Waals surface area (Å²) in [7, 11) is 0. The number of ether oxygens (including phenoxy) is 1. The number of fused-ring (bicyclic) bond motifs is 5. The third-order valence-electron chi connectivity index (χ3n) is 9.73. The van der Waals surface area contributed by atoms with Gasteiger partial charge < -0.3 is 9.84 Å². The van der Waals surface area contributed by atoms with Crippen molar-refractivity contribution in [3.63, 3.8) is 0 Å². The Morgan fingerprint density at radius 2 is 1.76 bits per heavy atom. The number of hydrogen-bond donors (Lipinski definition) is 1. The van der Waals surface area contributed by atoms with E-state index >= 15 is 0 Å². The Balaban J connectivity index is 1.37. The van der Waals surface area contributed by atoms with Crippen molar-refractivity contribution >= 4 is 11.9 Å². The SMILES string of the molecule is C[C@]12CC[C@H](O)C[C@@H]1CC[C@H]1[C@H]2CC[C@@]2(C)C(=O)/C(=C/c3ccc(OC(F)(F)F)cc3)C[C@H]12. The summed E-state index contributed by atoms with van der Waals surface area (Å²) in [6.45, 7) is 4.57. The average Bonchev–Trinajstić information content (AvgIpc) is 2.99. The normalized spacial score (nSPS) is 41.9. The number of aliphatic hydroxyl groups excluding tert-OH is 1. The minimum Gasteiger partial charge on any atom is -0.406 e. The number of aliphatic hydroxyl groups is 1. The molecule has 0 heterocycles. The Hall–Kier alpha value is -1.82. The van der Waals surface area contributed by atoms with Gasteiger partial charge in [0.2, 0.25) is 0 Å². The molecule has 7 atom stereocenters. The van der Waals surface area contributed by atoms with Crippen LogP contribution in [0.5, 0.6) is 5.75 Å². The van der Waals surface area contributed by atoms with Gasteiger partial charge in [-0.15, -0.1) is 13.2 Å². The topological polar surface area (TPSA) is 46.5 Å². The van der Waals surface area contributed by atoms with Crippen molar-refractivity contribution in [2.75, 3.05) is 0 Å². The third kappa shape index (κ3) is 3.92. The van der Waals surface area contributed by atoms with E-state index in [0.717, 1.165) is 62.5 Å². The van der Waals surface area contributed by atoms with Crippen molar-refractivity contribution in [1.29, 1.82) is 0 Å². The Bertz CT molecular complexity index is 952. The van der Waals surface area contributed by atoms with Gasteiger partial charge in [0.05, 0.1) is 6.10 Å². The fourth-order valence-electron chi connectivity index (χ4n) is 8.00. The average molecular weight is 463 g/mol. The second-order valence-corrected chi connectivity index (χ2v) is 11.4. The number of carbonyl (C=O) groups is 1. The molecule has 4 saturated carbocycles. The van der Waals surface area contributed by atoms with E-state index in [0.29, 0.717) is 23.7 Å². The molecule has 4 aliphatic rings. The molecule has 0 bridgehead atoms. The Morgan fingerprint density at radius 1 is 1.03 bits per heavy atom. The molecule has 4 aliphatic carbocycles. The van der Waals surface area contributed by atoms with Gasteiger partial charge >= 0.3 is 6.36 Å². The fourth-order valence-corrected chi connectivity index (χ4v) is 8.00. The molecule has 6 heteroatoms. The molecule has 0 radical (unpaired) electrons. The summed E-state index contributed by atoms with van der Waals surface area (Å²) < 4.78 is 41.2. The van der Waals surface area contributed by atoms with Crippen molar-refractivity contribution in [2.45, 2.75) is 77.7 Å². The lowest BCUT2D eigenvalue weighted by molar-refractivity contribution is -0.274. The number of halogens is 3. The summed E-state index contributed by atoms with van der Waals surface area (Å²) in [5.41, 5.74) is 1.44. The molecule has 0 saturated heterocycles. The number of ketones is 1. The molecule has 1 N–H and O–H groups in total. The molecule has 0 spiro atoms. The number of rotatable bonds is 2. The van der Waals surface area contributed by atoms with Gasteiger partial charge in [-0.25, -0.2) is 0 Å². The van der Waals surface area contributed by atoms with Gasteiger partial charge in [-0.05, 0) is 110 Å². The van der Waals surface area contributed by atoms with Crippen LogP contribution in [0.4, 0.5) is 13.2 Å². The summed E-state index contributed by atoms with van der Waals surface area (Å²) >= 11 is 0. The van der Waals surface area contributed by atoms with E-state index < -0.39 is 6.36 Å². The maximum absolute atomic E-state index is 13.5. The standard InChI is InChI=1S/C27H33F3O3/c1-25-11-9-19(31)15-18(25)5-8-21-22(25)10-12-26(2)23(21)14-17(24(26)32)13-16-3-6-20(7-4-16)33-27(28,29)30/h3-4,6-7,13,18-19,21-23,31H,5,8-12,14-15H2,1-2H3/b17-13+/t18-,19-,21-,22+,23+,25-,26+/m0/s1. The predicted octanol–water partition coefficient (Wildman–Crippen LogP) is 6.55. The molecule has 5 rings (SSSR count). The van der Waals surface area contributed by atoms with Crippen LogP contribution in [0.25, 0.3) is 6.08 Å². The molecule has 0 amide bonds. The van der Waals surface area contributed by atoms with Crippen molar-refractivity contribution in [2.24, 2.45) is 34.5 Å².